The lowest BCUT2D eigenvalue weighted by Gasteiger charge is -2.39. The number of likely N-dealkylation sites (N-methyl/N-ethyl adjacent to an activating group) is 1. The molecule has 4 aromatic carbocycles. The zero-order valence-electron chi connectivity index (χ0n) is 29.3. The summed E-state index contributed by atoms with van der Waals surface area (Å²) in [6, 6.07) is 32.7. The Morgan fingerprint density at radius 2 is 1.62 bits per heavy atom. The van der Waals surface area contributed by atoms with Gasteiger partial charge >= 0.3 is 12.1 Å². The molecule has 2 fully saturated rings. The molecule has 2 aliphatic rings. The van der Waals surface area contributed by atoms with Crippen LogP contribution >= 0.6 is 0 Å². The zero-order valence-corrected chi connectivity index (χ0v) is 29.3. The lowest BCUT2D eigenvalue weighted by atomic mass is 9.98. The van der Waals surface area contributed by atoms with Crippen molar-refractivity contribution in [2.24, 2.45) is 0 Å². The van der Waals surface area contributed by atoms with Crippen LogP contribution in [0, 0.1) is 0 Å². The molecule has 4 aromatic rings. The first-order valence-corrected chi connectivity index (χ1v) is 17.6. The van der Waals surface area contributed by atoms with Crippen LogP contribution in [-0.2, 0) is 32.2 Å². The molecule has 5 atom stereocenters. The van der Waals surface area contributed by atoms with E-state index in [4.69, 9.17) is 9.47 Å². The Labute approximate surface area is 302 Å². The molecule has 2 saturated heterocycles. The minimum Gasteiger partial charge on any atom is -0.392 e. The molecule has 2 heterocycles. The molecule has 0 spiro atoms. The number of hydrogen-bond acceptors (Lipinski definition) is 6. The first-order valence-electron chi connectivity index (χ1n) is 17.6. The topological polar surface area (TPSA) is 91.3 Å². The van der Waals surface area contributed by atoms with Gasteiger partial charge in [-0.05, 0) is 66.3 Å². The molecule has 0 aromatic heterocycles. The number of alkyl halides is 3. The fourth-order valence-corrected chi connectivity index (χ4v) is 6.94. The summed E-state index contributed by atoms with van der Waals surface area (Å²) in [6.45, 7) is 2.86. The number of hydrogen-bond donors (Lipinski definition) is 2. The van der Waals surface area contributed by atoms with Crippen LogP contribution in [0.4, 0.5) is 13.2 Å². The van der Waals surface area contributed by atoms with E-state index in [1.165, 1.54) is 5.56 Å². The van der Waals surface area contributed by atoms with E-state index in [9.17, 15) is 27.9 Å². The summed E-state index contributed by atoms with van der Waals surface area (Å²) in [5.41, 5.74) is 6.53. The second-order valence-electron chi connectivity index (χ2n) is 13.6. The van der Waals surface area contributed by atoms with Crippen molar-refractivity contribution in [1.29, 1.82) is 0 Å². The average Bonchev–Trinajstić information content (AvgIpc) is 3.66. The van der Waals surface area contributed by atoms with Gasteiger partial charge in [0.05, 0.1) is 18.8 Å². The molecule has 2 aliphatic heterocycles. The van der Waals surface area contributed by atoms with Crippen molar-refractivity contribution in [2.75, 3.05) is 20.1 Å². The van der Waals surface area contributed by atoms with Gasteiger partial charge < -0.3 is 24.8 Å². The van der Waals surface area contributed by atoms with Gasteiger partial charge in [-0.1, -0.05) is 97.1 Å². The van der Waals surface area contributed by atoms with Gasteiger partial charge in [0.2, 0.25) is 5.91 Å². The molecule has 0 aliphatic carbocycles. The van der Waals surface area contributed by atoms with Gasteiger partial charge in [-0.3, -0.25) is 14.5 Å². The maximum Gasteiger partial charge on any atom is 0.471 e. The van der Waals surface area contributed by atoms with Crippen LogP contribution in [0.25, 0.3) is 11.1 Å². The van der Waals surface area contributed by atoms with Crippen molar-refractivity contribution < 1.29 is 37.3 Å². The van der Waals surface area contributed by atoms with Crippen molar-refractivity contribution in [3.63, 3.8) is 0 Å². The summed E-state index contributed by atoms with van der Waals surface area (Å²) >= 11 is 0. The number of amides is 2. The highest BCUT2D eigenvalue weighted by molar-refractivity contribution is 5.90. The predicted octanol–water partition coefficient (Wildman–Crippen LogP) is 7.25. The van der Waals surface area contributed by atoms with Crippen molar-refractivity contribution in [2.45, 2.75) is 76.1 Å². The van der Waals surface area contributed by atoms with E-state index < -0.39 is 30.3 Å². The molecule has 5 unspecified atom stereocenters. The van der Waals surface area contributed by atoms with Gasteiger partial charge in [-0.15, -0.1) is 0 Å². The molecule has 0 radical (unpaired) electrons. The molecular formula is C41H44F3N3O5. The largest absolute Gasteiger partial charge is 0.471 e. The SMILES string of the molecule is CC(c1ccccc1)N(C)CC1CC(c2ccc(CO)cc2)OC(c2ccc(-c3cccc(CNC(=O)C4CCCN4C(=O)C(F)(F)F)c3)cc2)O1. The second kappa shape index (κ2) is 16.4. The second-order valence-corrected chi connectivity index (χ2v) is 13.6. The summed E-state index contributed by atoms with van der Waals surface area (Å²) in [6.07, 6.45) is -4.77. The van der Waals surface area contributed by atoms with E-state index in [0.717, 1.165) is 33.4 Å². The average molecular weight is 716 g/mol. The van der Waals surface area contributed by atoms with Gasteiger partial charge in [-0.25, -0.2) is 0 Å². The van der Waals surface area contributed by atoms with Gasteiger partial charge in [0.15, 0.2) is 6.29 Å². The molecule has 2 amide bonds. The molecule has 0 saturated carbocycles. The number of rotatable bonds is 11. The lowest BCUT2D eigenvalue weighted by Crippen LogP contribution is -2.50. The number of carbonyl (C=O) groups excluding carboxylic acids is 2. The lowest BCUT2D eigenvalue weighted by molar-refractivity contribution is -0.253. The number of halogens is 3. The van der Waals surface area contributed by atoms with Gasteiger partial charge in [0.25, 0.3) is 0 Å². The Morgan fingerprint density at radius 1 is 0.904 bits per heavy atom. The van der Waals surface area contributed by atoms with Crippen molar-refractivity contribution in [3.05, 3.63) is 131 Å². The number of aliphatic hydroxyl groups excluding tert-OH is 1. The van der Waals surface area contributed by atoms with Crippen LogP contribution in [0.15, 0.2) is 103 Å². The number of likely N-dealkylation sites (tertiary alicyclic amines) is 1. The first-order chi connectivity index (χ1) is 25.0. The standard InChI is InChI=1S/C41H44F3N3O5/c1-27(30-9-4-3-5-10-30)46(2)25-35-23-37(32-15-13-28(26-48)14-16-32)52-39(51-35)33-19-17-31(18-20-33)34-11-6-8-29(22-34)24-45-38(49)36-12-7-21-47(36)40(50)41(42,43)44/h3-6,8-11,13-20,22,27,35-37,39,48H,7,12,21,23-26H2,1-2H3,(H,45,49). The number of benzene rings is 4. The van der Waals surface area contributed by atoms with Gasteiger partial charge in [-0.2, -0.15) is 13.2 Å². The monoisotopic (exact) mass is 715 g/mol. The molecule has 274 valence electrons. The highest BCUT2D eigenvalue weighted by Gasteiger charge is 2.47. The van der Waals surface area contributed by atoms with Crippen LogP contribution in [0.1, 0.15) is 72.4 Å². The van der Waals surface area contributed by atoms with Crippen LogP contribution in [0.3, 0.4) is 0 Å². The highest BCUT2D eigenvalue weighted by Crippen LogP contribution is 2.39. The van der Waals surface area contributed by atoms with E-state index in [1.807, 2.05) is 91.0 Å². The van der Waals surface area contributed by atoms with Crippen LogP contribution in [-0.4, -0.2) is 65.2 Å². The van der Waals surface area contributed by atoms with E-state index in [-0.39, 0.29) is 44.4 Å². The molecule has 6 rings (SSSR count). The fourth-order valence-electron chi connectivity index (χ4n) is 6.94. The normalized spacial score (nSPS) is 21.2. The summed E-state index contributed by atoms with van der Waals surface area (Å²) in [4.78, 5) is 27.5. The molecular weight excluding hydrogens is 671 g/mol. The number of ether oxygens (including phenoxy) is 2. The van der Waals surface area contributed by atoms with E-state index in [2.05, 4.69) is 36.3 Å². The maximum atomic E-state index is 13.0. The quantitative estimate of drug-likeness (QED) is 0.170. The van der Waals surface area contributed by atoms with E-state index >= 15 is 0 Å². The van der Waals surface area contributed by atoms with Crippen molar-refractivity contribution in [1.82, 2.24) is 15.1 Å². The maximum absolute atomic E-state index is 13.0. The summed E-state index contributed by atoms with van der Waals surface area (Å²) in [5, 5.41) is 12.3. The predicted molar refractivity (Wildman–Crippen MR) is 190 cm³/mol. The Balaban J connectivity index is 1.14. The Hall–Kier alpha value is -4.55. The van der Waals surface area contributed by atoms with E-state index in [1.54, 1.807) is 0 Å². The minimum absolute atomic E-state index is 0.0288. The fraction of sp³-hybridized carbons (Fsp3) is 0.366. The molecule has 8 nitrogen and oxygen atoms in total. The zero-order chi connectivity index (χ0) is 36.8. The number of nitrogens with zero attached hydrogens (tertiary/aromatic N) is 2. The van der Waals surface area contributed by atoms with Gasteiger partial charge in [0.1, 0.15) is 6.04 Å². The van der Waals surface area contributed by atoms with Gasteiger partial charge in [0, 0.05) is 37.7 Å². The van der Waals surface area contributed by atoms with E-state index in [0.29, 0.717) is 24.3 Å². The summed E-state index contributed by atoms with van der Waals surface area (Å²) in [5.74, 6) is -2.58. The third-order valence-electron chi connectivity index (χ3n) is 10.0. The molecule has 52 heavy (non-hydrogen) atoms. The highest BCUT2D eigenvalue weighted by atomic mass is 19.4. The number of aliphatic hydroxyl groups is 1. The summed E-state index contributed by atoms with van der Waals surface area (Å²) < 4.78 is 52.3. The molecule has 2 N–H and O–H groups in total. The van der Waals surface area contributed by atoms with Crippen LogP contribution in [0.5, 0.6) is 0 Å². The smallest absolute Gasteiger partial charge is 0.392 e. The summed E-state index contributed by atoms with van der Waals surface area (Å²) in [7, 11) is 2.10. The molecule has 11 heteroatoms. The van der Waals surface area contributed by atoms with Crippen molar-refractivity contribution >= 4 is 11.8 Å². The Kier molecular flexibility index (Phi) is 11.7. The van der Waals surface area contributed by atoms with Crippen LogP contribution in [0.2, 0.25) is 0 Å². The number of nitrogens with one attached hydrogen (secondary N) is 1. The van der Waals surface area contributed by atoms with Crippen molar-refractivity contribution in [3.8, 4) is 11.1 Å². The molecule has 0 bridgehead atoms. The first kappa shape index (κ1) is 37.2. The number of carbonyl (C=O) groups is 2. The Morgan fingerprint density at radius 3 is 2.31 bits per heavy atom. The minimum atomic E-state index is -5.02. The Bertz CT molecular complexity index is 1800. The van der Waals surface area contributed by atoms with Crippen LogP contribution < -0.4 is 5.32 Å². The third-order valence-corrected chi connectivity index (χ3v) is 10.0. The third kappa shape index (κ3) is 8.90.